The van der Waals surface area contributed by atoms with Gasteiger partial charge in [-0.2, -0.15) is 0 Å². The molecule has 1 saturated heterocycles. The first-order valence-corrected chi connectivity index (χ1v) is 7.97. The van der Waals surface area contributed by atoms with Crippen LogP contribution in [0.5, 0.6) is 5.75 Å². The summed E-state index contributed by atoms with van der Waals surface area (Å²) >= 11 is 0. The molecule has 11 nitrogen and oxygen atoms in total. The largest absolute Gasteiger partial charge is 0.503 e. The molecule has 4 rings (SSSR count). The normalized spacial score (nSPS) is 18.6. The zero-order valence-electron chi connectivity index (χ0n) is 13.9. The molecular weight excluding hydrogens is 344 g/mol. The topological polar surface area (TPSA) is 132 Å². The van der Waals surface area contributed by atoms with Crippen molar-refractivity contribution >= 4 is 11.8 Å². The quantitative estimate of drug-likeness (QED) is 0.675. The first kappa shape index (κ1) is 16.3. The van der Waals surface area contributed by atoms with Gasteiger partial charge in [0.2, 0.25) is 5.43 Å². The van der Waals surface area contributed by atoms with Gasteiger partial charge in [-0.15, -0.1) is 10.2 Å². The van der Waals surface area contributed by atoms with E-state index in [1.54, 1.807) is 11.6 Å². The SMILES string of the molecule is Cn1cnnc1CNC(=O)c1cn2c(c(O)c1=O)C(=O)N1CCOC1C2. The third kappa shape index (κ3) is 2.44. The van der Waals surface area contributed by atoms with Crippen LogP contribution in [0.4, 0.5) is 0 Å². The van der Waals surface area contributed by atoms with Crippen molar-refractivity contribution in [3.05, 3.63) is 39.8 Å². The summed E-state index contributed by atoms with van der Waals surface area (Å²) < 4.78 is 8.49. The van der Waals surface area contributed by atoms with Gasteiger partial charge in [-0.05, 0) is 0 Å². The van der Waals surface area contributed by atoms with E-state index in [1.165, 1.54) is 22.0 Å². The van der Waals surface area contributed by atoms with Crippen molar-refractivity contribution in [2.75, 3.05) is 13.2 Å². The van der Waals surface area contributed by atoms with Crippen LogP contribution in [0.15, 0.2) is 17.3 Å². The maximum absolute atomic E-state index is 12.5. The molecule has 4 heterocycles. The van der Waals surface area contributed by atoms with Crippen molar-refractivity contribution in [1.29, 1.82) is 0 Å². The van der Waals surface area contributed by atoms with E-state index >= 15 is 0 Å². The number of aromatic nitrogens is 4. The number of fused-ring (bicyclic) bond motifs is 2. The van der Waals surface area contributed by atoms with E-state index in [9.17, 15) is 19.5 Å². The molecule has 2 aromatic rings. The summed E-state index contributed by atoms with van der Waals surface area (Å²) in [5.74, 6) is -1.39. The van der Waals surface area contributed by atoms with Crippen LogP contribution in [0.25, 0.3) is 0 Å². The summed E-state index contributed by atoms with van der Waals surface area (Å²) in [5.41, 5.74) is -1.27. The van der Waals surface area contributed by atoms with Crippen LogP contribution in [-0.2, 0) is 24.9 Å². The number of hydrogen-bond donors (Lipinski definition) is 2. The van der Waals surface area contributed by atoms with Gasteiger partial charge in [0.1, 0.15) is 11.9 Å². The molecule has 11 heteroatoms. The molecule has 1 atom stereocenters. The maximum atomic E-state index is 12.5. The lowest BCUT2D eigenvalue weighted by Gasteiger charge is -2.31. The van der Waals surface area contributed by atoms with Crippen molar-refractivity contribution in [2.24, 2.45) is 7.05 Å². The van der Waals surface area contributed by atoms with E-state index in [0.29, 0.717) is 19.0 Å². The third-order valence-electron chi connectivity index (χ3n) is 4.52. The number of aryl methyl sites for hydroxylation is 1. The Labute approximate surface area is 146 Å². The number of rotatable bonds is 3. The predicted molar refractivity (Wildman–Crippen MR) is 85.3 cm³/mol. The van der Waals surface area contributed by atoms with Crippen molar-refractivity contribution in [3.8, 4) is 5.75 Å². The summed E-state index contributed by atoms with van der Waals surface area (Å²) in [7, 11) is 1.72. The Morgan fingerprint density at radius 1 is 1.46 bits per heavy atom. The van der Waals surface area contributed by atoms with E-state index in [2.05, 4.69) is 15.5 Å². The molecule has 26 heavy (non-hydrogen) atoms. The Hall–Kier alpha value is -3.21. The summed E-state index contributed by atoms with van der Waals surface area (Å²) in [6.45, 7) is 1.09. The highest BCUT2D eigenvalue weighted by Crippen LogP contribution is 2.26. The zero-order valence-corrected chi connectivity index (χ0v) is 13.9. The van der Waals surface area contributed by atoms with Crippen LogP contribution in [-0.4, -0.2) is 60.5 Å². The summed E-state index contributed by atoms with van der Waals surface area (Å²) in [6, 6.07) is 0. The van der Waals surface area contributed by atoms with Gasteiger partial charge in [0, 0.05) is 19.8 Å². The Balaban J connectivity index is 1.65. The van der Waals surface area contributed by atoms with Crippen LogP contribution >= 0.6 is 0 Å². The van der Waals surface area contributed by atoms with Crippen LogP contribution < -0.4 is 10.7 Å². The smallest absolute Gasteiger partial charge is 0.276 e. The molecule has 0 radical (unpaired) electrons. The first-order chi connectivity index (χ1) is 12.5. The fourth-order valence-corrected chi connectivity index (χ4v) is 3.11. The van der Waals surface area contributed by atoms with Crippen molar-refractivity contribution < 1.29 is 19.4 Å². The fourth-order valence-electron chi connectivity index (χ4n) is 3.11. The molecule has 0 bridgehead atoms. The highest BCUT2D eigenvalue weighted by molar-refractivity contribution is 5.99. The minimum Gasteiger partial charge on any atom is -0.503 e. The number of nitrogens with one attached hydrogen (secondary N) is 1. The number of carbonyl (C=O) groups is 2. The molecule has 0 spiro atoms. The Morgan fingerprint density at radius 3 is 3.00 bits per heavy atom. The van der Waals surface area contributed by atoms with E-state index < -0.39 is 29.2 Å². The molecule has 0 aliphatic carbocycles. The molecule has 0 saturated carbocycles. The number of hydrogen-bond acceptors (Lipinski definition) is 7. The Kier molecular flexibility index (Phi) is 3.72. The number of carbonyl (C=O) groups excluding carboxylic acids is 2. The number of amides is 2. The Morgan fingerprint density at radius 2 is 2.27 bits per heavy atom. The summed E-state index contributed by atoms with van der Waals surface area (Å²) in [6.07, 6.45) is 2.30. The van der Waals surface area contributed by atoms with Gasteiger partial charge in [-0.1, -0.05) is 0 Å². The van der Waals surface area contributed by atoms with Crippen molar-refractivity contribution in [3.63, 3.8) is 0 Å². The van der Waals surface area contributed by atoms with Crippen LogP contribution in [0, 0.1) is 0 Å². The molecule has 2 amide bonds. The minimum absolute atomic E-state index is 0.0652. The molecule has 2 N–H and O–H groups in total. The molecule has 2 aliphatic heterocycles. The number of nitrogens with zero attached hydrogens (tertiary/aromatic N) is 5. The molecule has 1 fully saturated rings. The molecule has 136 valence electrons. The average Bonchev–Trinajstić information content (AvgIpc) is 3.24. The van der Waals surface area contributed by atoms with E-state index in [0.717, 1.165) is 0 Å². The Bertz CT molecular complexity index is 964. The minimum atomic E-state index is -0.890. The van der Waals surface area contributed by atoms with Gasteiger partial charge in [-0.3, -0.25) is 14.4 Å². The molecule has 2 aliphatic rings. The number of ether oxygens (including phenoxy) is 1. The predicted octanol–water partition coefficient (Wildman–Crippen LogP) is -1.58. The average molecular weight is 360 g/mol. The van der Waals surface area contributed by atoms with Gasteiger partial charge in [-0.25, -0.2) is 0 Å². The third-order valence-corrected chi connectivity index (χ3v) is 4.52. The lowest BCUT2D eigenvalue weighted by Crippen LogP contribution is -2.46. The van der Waals surface area contributed by atoms with Crippen LogP contribution in [0.1, 0.15) is 26.7 Å². The van der Waals surface area contributed by atoms with E-state index in [-0.39, 0.29) is 24.3 Å². The van der Waals surface area contributed by atoms with Crippen molar-refractivity contribution in [2.45, 2.75) is 19.3 Å². The number of aromatic hydroxyl groups is 1. The van der Waals surface area contributed by atoms with Gasteiger partial charge in [0.05, 0.1) is 19.7 Å². The monoisotopic (exact) mass is 360 g/mol. The molecule has 2 aromatic heterocycles. The second kappa shape index (κ2) is 5.95. The lowest BCUT2D eigenvalue weighted by molar-refractivity contribution is 0.00845. The van der Waals surface area contributed by atoms with Gasteiger partial charge >= 0.3 is 0 Å². The zero-order chi connectivity index (χ0) is 18.4. The van der Waals surface area contributed by atoms with Gasteiger partial charge < -0.3 is 29.2 Å². The highest BCUT2D eigenvalue weighted by Gasteiger charge is 2.39. The van der Waals surface area contributed by atoms with E-state index in [4.69, 9.17) is 4.74 Å². The van der Waals surface area contributed by atoms with Crippen LogP contribution in [0.3, 0.4) is 0 Å². The molecular formula is C15H16N6O5. The molecule has 1 unspecified atom stereocenters. The maximum Gasteiger partial charge on any atom is 0.276 e. The standard InChI is InChI=1S/C15H16N6O5/c1-19-7-17-18-9(19)4-16-14(24)8-5-20-6-10-21(2-3-26-10)15(25)11(20)13(23)12(8)22/h5,7,10,23H,2-4,6H2,1H3,(H,16,24). The van der Waals surface area contributed by atoms with Gasteiger partial charge in [0.15, 0.2) is 23.5 Å². The van der Waals surface area contributed by atoms with E-state index in [1.807, 2.05) is 0 Å². The fraction of sp³-hybridized carbons (Fsp3) is 0.400. The van der Waals surface area contributed by atoms with Crippen LogP contribution in [0.2, 0.25) is 0 Å². The van der Waals surface area contributed by atoms with Gasteiger partial charge in [0.25, 0.3) is 11.8 Å². The highest BCUT2D eigenvalue weighted by atomic mass is 16.5. The second-order valence-electron chi connectivity index (χ2n) is 6.09. The second-order valence-corrected chi connectivity index (χ2v) is 6.09. The van der Waals surface area contributed by atoms with Crippen molar-refractivity contribution in [1.82, 2.24) is 29.5 Å². The lowest BCUT2D eigenvalue weighted by atomic mass is 10.1. The summed E-state index contributed by atoms with van der Waals surface area (Å²) in [4.78, 5) is 38.7. The summed E-state index contributed by atoms with van der Waals surface area (Å²) in [5, 5.41) is 20.3. The number of pyridine rings is 1. The molecule has 0 aromatic carbocycles. The first-order valence-electron chi connectivity index (χ1n) is 7.97.